The predicted octanol–water partition coefficient (Wildman–Crippen LogP) is 3.12. The lowest BCUT2D eigenvalue weighted by molar-refractivity contribution is -0.142. The van der Waals surface area contributed by atoms with E-state index in [-0.39, 0.29) is 5.91 Å². The van der Waals surface area contributed by atoms with Gasteiger partial charge in [0.25, 0.3) is 5.91 Å². The highest BCUT2D eigenvalue weighted by Gasteiger charge is 2.45. The van der Waals surface area contributed by atoms with E-state index in [1.165, 1.54) is 16.3 Å². The number of amides is 1. The molecule has 0 radical (unpaired) electrons. The van der Waals surface area contributed by atoms with Crippen LogP contribution in [0.4, 0.5) is 0 Å². The Hall–Kier alpha value is -2.66. The number of likely N-dealkylation sites (N-methyl/N-ethyl adjacent to an activating group) is 1. The first-order chi connectivity index (χ1) is 13.1. The van der Waals surface area contributed by atoms with Gasteiger partial charge in [0.1, 0.15) is 0 Å². The number of rotatable bonds is 4. The van der Waals surface area contributed by atoms with Gasteiger partial charge in [0.15, 0.2) is 5.54 Å². The van der Waals surface area contributed by atoms with Crippen molar-refractivity contribution in [3.05, 3.63) is 66.5 Å². The zero-order chi connectivity index (χ0) is 18.9. The number of aromatic nitrogens is 2. The number of hydrogen-bond acceptors (Lipinski definition) is 3. The molecule has 1 fully saturated rings. The van der Waals surface area contributed by atoms with E-state index in [4.69, 9.17) is 0 Å². The average Bonchev–Trinajstić information content (AvgIpc) is 3.23. The smallest absolute Gasteiger partial charge is 0.251 e. The summed E-state index contributed by atoms with van der Waals surface area (Å²) in [6.45, 7) is 2.51. The molecule has 0 aliphatic carbocycles. The minimum absolute atomic E-state index is 0.119. The summed E-state index contributed by atoms with van der Waals surface area (Å²) in [4.78, 5) is 17.3. The number of fused-ring (bicyclic) bond motifs is 1. The van der Waals surface area contributed by atoms with E-state index in [0.717, 1.165) is 25.9 Å². The molecule has 4 rings (SSSR count). The van der Waals surface area contributed by atoms with Crippen LogP contribution in [0.2, 0.25) is 0 Å². The molecule has 0 bridgehead atoms. The normalized spacial score (nSPS) is 20.7. The zero-order valence-electron chi connectivity index (χ0n) is 16.0. The molecule has 0 N–H and O–H groups in total. The van der Waals surface area contributed by atoms with E-state index in [2.05, 4.69) is 52.5 Å². The molecule has 1 aromatic heterocycles. The van der Waals surface area contributed by atoms with E-state index >= 15 is 0 Å². The molecule has 5 heteroatoms. The van der Waals surface area contributed by atoms with Gasteiger partial charge in [-0.1, -0.05) is 42.5 Å². The van der Waals surface area contributed by atoms with Crippen molar-refractivity contribution < 1.29 is 4.79 Å². The number of carbonyl (C=O) groups excluding carboxylic acids is 1. The van der Waals surface area contributed by atoms with Crippen molar-refractivity contribution in [2.75, 3.05) is 27.2 Å². The lowest BCUT2D eigenvalue weighted by Crippen LogP contribution is -2.58. The molecule has 1 unspecified atom stereocenters. The van der Waals surface area contributed by atoms with E-state index < -0.39 is 5.54 Å². The summed E-state index contributed by atoms with van der Waals surface area (Å²) < 4.78 is 1.87. The first kappa shape index (κ1) is 17.7. The van der Waals surface area contributed by atoms with E-state index in [1.807, 2.05) is 31.0 Å². The van der Waals surface area contributed by atoms with Gasteiger partial charge in [0, 0.05) is 39.6 Å². The van der Waals surface area contributed by atoms with E-state index in [0.29, 0.717) is 6.54 Å². The topological polar surface area (TPSA) is 41.4 Å². The quantitative estimate of drug-likeness (QED) is 0.716. The third kappa shape index (κ3) is 3.23. The van der Waals surface area contributed by atoms with Crippen LogP contribution in [0.3, 0.4) is 0 Å². The van der Waals surface area contributed by atoms with Crippen molar-refractivity contribution >= 4 is 16.7 Å². The highest BCUT2D eigenvalue weighted by Crippen LogP contribution is 2.31. The fraction of sp³-hybridized carbons (Fsp3) is 0.364. The molecular formula is C22H26N4O. The van der Waals surface area contributed by atoms with Crippen LogP contribution in [0.5, 0.6) is 0 Å². The summed E-state index contributed by atoms with van der Waals surface area (Å²) in [5, 5.41) is 6.99. The van der Waals surface area contributed by atoms with Crippen LogP contribution in [0.1, 0.15) is 18.4 Å². The Bertz CT molecular complexity index is 929. The Balaban J connectivity index is 1.66. The number of carbonyl (C=O) groups is 1. The summed E-state index contributed by atoms with van der Waals surface area (Å²) in [5.74, 6) is 0.119. The lowest BCUT2D eigenvalue weighted by Gasteiger charge is -2.43. The Labute approximate surface area is 160 Å². The van der Waals surface area contributed by atoms with Gasteiger partial charge in [-0.15, -0.1) is 0 Å². The first-order valence-corrected chi connectivity index (χ1v) is 9.51. The summed E-state index contributed by atoms with van der Waals surface area (Å²) in [6.07, 6.45) is 5.47. The number of nitrogens with zero attached hydrogens (tertiary/aromatic N) is 4. The van der Waals surface area contributed by atoms with Crippen molar-refractivity contribution in [1.29, 1.82) is 0 Å². The van der Waals surface area contributed by atoms with Gasteiger partial charge in [-0.2, -0.15) is 5.10 Å². The van der Waals surface area contributed by atoms with Crippen LogP contribution in [0.15, 0.2) is 60.9 Å². The standard InChI is InChI=1S/C22H26N4O/c1-24(2)21(27)22(26-15-7-13-23-26)12-6-14-25(17-22)16-19-10-5-9-18-8-3-4-11-20(18)19/h3-5,7-11,13,15H,6,12,14,16-17H2,1-2H3. The molecule has 1 atom stereocenters. The molecule has 1 aliphatic heterocycles. The van der Waals surface area contributed by atoms with Crippen molar-refractivity contribution in [2.45, 2.75) is 24.9 Å². The maximum atomic E-state index is 13.2. The number of piperidine rings is 1. The maximum absolute atomic E-state index is 13.2. The molecule has 0 spiro atoms. The summed E-state index contributed by atoms with van der Waals surface area (Å²) in [7, 11) is 3.66. The molecule has 3 aromatic rings. The summed E-state index contributed by atoms with van der Waals surface area (Å²) in [6, 6.07) is 16.9. The number of benzene rings is 2. The fourth-order valence-corrected chi connectivity index (χ4v) is 4.33. The van der Waals surface area contributed by atoms with Crippen molar-refractivity contribution in [2.24, 2.45) is 0 Å². The van der Waals surface area contributed by atoms with Crippen LogP contribution in [-0.2, 0) is 16.9 Å². The van der Waals surface area contributed by atoms with Crippen molar-refractivity contribution in [3.63, 3.8) is 0 Å². The lowest BCUT2D eigenvalue weighted by atomic mass is 9.87. The van der Waals surface area contributed by atoms with Gasteiger partial charge >= 0.3 is 0 Å². The molecule has 140 valence electrons. The van der Waals surface area contributed by atoms with Crippen molar-refractivity contribution in [1.82, 2.24) is 19.6 Å². The van der Waals surface area contributed by atoms with Crippen LogP contribution in [0, 0.1) is 0 Å². The molecule has 5 nitrogen and oxygen atoms in total. The van der Waals surface area contributed by atoms with Gasteiger partial charge in [-0.05, 0) is 41.8 Å². The van der Waals surface area contributed by atoms with Crippen molar-refractivity contribution in [3.8, 4) is 0 Å². The van der Waals surface area contributed by atoms with Crippen LogP contribution >= 0.6 is 0 Å². The summed E-state index contributed by atoms with van der Waals surface area (Å²) >= 11 is 0. The molecule has 27 heavy (non-hydrogen) atoms. The molecule has 2 aromatic carbocycles. The zero-order valence-corrected chi connectivity index (χ0v) is 16.0. The monoisotopic (exact) mass is 362 g/mol. The Morgan fingerprint density at radius 3 is 2.74 bits per heavy atom. The second-order valence-corrected chi connectivity index (χ2v) is 7.63. The molecule has 1 amide bonds. The average molecular weight is 362 g/mol. The Kier molecular flexibility index (Phi) is 4.70. The van der Waals surface area contributed by atoms with Gasteiger partial charge in [0.2, 0.25) is 0 Å². The van der Waals surface area contributed by atoms with Crippen LogP contribution < -0.4 is 0 Å². The minimum Gasteiger partial charge on any atom is -0.347 e. The maximum Gasteiger partial charge on any atom is 0.251 e. The third-order valence-corrected chi connectivity index (χ3v) is 5.57. The highest BCUT2D eigenvalue weighted by molar-refractivity contribution is 5.86. The molecule has 1 aliphatic rings. The first-order valence-electron chi connectivity index (χ1n) is 9.51. The second-order valence-electron chi connectivity index (χ2n) is 7.63. The van der Waals surface area contributed by atoms with E-state index in [1.54, 1.807) is 11.1 Å². The van der Waals surface area contributed by atoms with Gasteiger partial charge in [-0.3, -0.25) is 14.4 Å². The van der Waals surface area contributed by atoms with Gasteiger partial charge in [0.05, 0.1) is 0 Å². The largest absolute Gasteiger partial charge is 0.347 e. The Morgan fingerprint density at radius 2 is 1.96 bits per heavy atom. The molecule has 0 saturated carbocycles. The summed E-state index contributed by atoms with van der Waals surface area (Å²) in [5.41, 5.74) is 0.678. The Morgan fingerprint density at radius 1 is 1.15 bits per heavy atom. The molecular weight excluding hydrogens is 336 g/mol. The van der Waals surface area contributed by atoms with Gasteiger partial charge in [-0.25, -0.2) is 0 Å². The van der Waals surface area contributed by atoms with Crippen LogP contribution in [-0.4, -0.2) is 52.7 Å². The van der Waals surface area contributed by atoms with Gasteiger partial charge < -0.3 is 4.90 Å². The molecule has 2 heterocycles. The second kappa shape index (κ2) is 7.16. The molecule has 1 saturated heterocycles. The third-order valence-electron chi connectivity index (χ3n) is 5.57. The van der Waals surface area contributed by atoms with Crippen LogP contribution in [0.25, 0.3) is 10.8 Å². The highest BCUT2D eigenvalue weighted by atomic mass is 16.2. The SMILES string of the molecule is CN(C)C(=O)C1(n2cccn2)CCCN(Cc2cccc3ccccc23)C1. The number of hydrogen-bond donors (Lipinski definition) is 0. The fourth-order valence-electron chi connectivity index (χ4n) is 4.33. The minimum atomic E-state index is -0.629. The predicted molar refractivity (Wildman–Crippen MR) is 107 cm³/mol. The van der Waals surface area contributed by atoms with E-state index in [9.17, 15) is 4.79 Å². The number of likely N-dealkylation sites (tertiary alicyclic amines) is 1.